The molecule has 0 radical (unpaired) electrons. The minimum absolute atomic E-state index is 0.0185. The van der Waals surface area contributed by atoms with Crippen molar-refractivity contribution in [2.45, 2.75) is 32.9 Å². The van der Waals surface area contributed by atoms with Gasteiger partial charge in [0, 0.05) is 25.7 Å². The molecule has 2 N–H and O–H groups in total. The number of piperidine rings is 1. The van der Waals surface area contributed by atoms with Crippen LogP contribution in [0.1, 0.15) is 25.8 Å². The van der Waals surface area contributed by atoms with Gasteiger partial charge in [0.25, 0.3) is 0 Å². The Hall–Kier alpha value is -1.55. The lowest BCUT2D eigenvalue weighted by Crippen LogP contribution is -2.52. The fourth-order valence-electron chi connectivity index (χ4n) is 3.01. The van der Waals surface area contributed by atoms with Crippen molar-refractivity contribution in [3.05, 3.63) is 35.9 Å². The average Bonchev–Trinajstić information content (AvgIpc) is 2.26. The number of rotatable bonds is 3. The number of carbonyl (C=O) groups is 1. The quantitative estimate of drug-likeness (QED) is 0.880. The molecule has 0 spiro atoms. The van der Waals surface area contributed by atoms with Crippen LogP contribution in [0, 0.1) is 5.41 Å². The predicted octanol–water partition coefficient (Wildman–Crippen LogP) is 2.55. The van der Waals surface area contributed by atoms with Crippen molar-refractivity contribution in [3.63, 3.8) is 0 Å². The molecule has 2 rings (SSSR count). The summed E-state index contributed by atoms with van der Waals surface area (Å²) >= 11 is 0. The van der Waals surface area contributed by atoms with Crippen LogP contribution in [0.3, 0.4) is 0 Å². The minimum atomic E-state index is -0.928. The van der Waals surface area contributed by atoms with E-state index in [4.69, 9.17) is 5.11 Å². The van der Waals surface area contributed by atoms with Gasteiger partial charge in [0.2, 0.25) is 0 Å². The zero-order chi connectivity index (χ0) is 13.9. The van der Waals surface area contributed by atoms with E-state index in [2.05, 4.69) is 36.2 Å². The molecule has 1 fully saturated rings. The smallest absolute Gasteiger partial charge is 0.404 e. The highest BCUT2D eigenvalue weighted by Gasteiger charge is 2.33. The van der Waals surface area contributed by atoms with E-state index < -0.39 is 6.09 Å². The average molecular weight is 262 g/mol. The summed E-state index contributed by atoms with van der Waals surface area (Å²) in [5.74, 6) is 0. The van der Waals surface area contributed by atoms with Gasteiger partial charge >= 0.3 is 6.09 Å². The van der Waals surface area contributed by atoms with Crippen LogP contribution in [-0.2, 0) is 6.54 Å². The number of benzene rings is 1. The van der Waals surface area contributed by atoms with Crippen molar-refractivity contribution < 1.29 is 9.90 Å². The number of likely N-dealkylation sites (tertiary alicyclic amines) is 1. The van der Waals surface area contributed by atoms with Crippen LogP contribution in [0.5, 0.6) is 0 Å². The maximum absolute atomic E-state index is 10.8. The van der Waals surface area contributed by atoms with Crippen LogP contribution < -0.4 is 5.32 Å². The Balaban J connectivity index is 2.01. The number of amides is 1. The third-order valence-corrected chi connectivity index (χ3v) is 3.51. The van der Waals surface area contributed by atoms with Crippen molar-refractivity contribution in [3.8, 4) is 0 Å². The molecule has 4 nitrogen and oxygen atoms in total. The van der Waals surface area contributed by atoms with Crippen molar-refractivity contribution in [1.29, 1.82) is 0 Å². The van der Waals surface area contributed by atoms with Crippen LogP contribution >= 0.6 is 0 Å². The molecular formula is C15H22N2O2. The minimum Gasteiger partial charge on any atom is -0.465 e. The van der Waals surface area contributed by atoms with Gasteiger partial charge in [-0.15, -0.1) is 0 Å². The molecule has 1 aromatic carbocycles. The second kappa shape index (κ2) is 5.61. The molecule has 1 amide bonds. The van der Waals surface area contributed by atoms with Crippen LogP contribution in [0.4, 0.5) is 4.79 Å². The molecule has 1 heterocycles. The molecule has 0 bridgehead atoms. The second-order valence-electron chi connectivity index (χ2n) is 6.17. The number of nitrogens with one attached hydrogen (secondary N) is 1. The van der Waals surface area contributed by atoms with Gasteiger partial charge in [-0.3, -0.25) is 4.90 Å². The third-order valence-electron chi connectivity index (χ3n) is 3.51. The summed E-state index contributed by atoms with van der Waals surface area (Å²) in [6.07, 6.45) is -0.0349. The van der Waals surface area contributed by atoms with E-state index in [9.17, 15) is 4.79 Å². The molecule has 1 aliphatic heterocycles. The summed E-state index contributed by atoms with van der Waals surface area (Å²) in [7, 11) is 0. The van der Waals surface area contributed by atoms with E-state index in [0.717, 1.165) is 26.1 Å². The largest absolute Gasteiger partial charge is 0.465 e. The summed E-state index contributed by atoms with van der Waals surface area (Å²) in [5.41, 5.74) is 1.41. The molecule has 1 aliphatic rings. The topological polar surface area (TPSA) is 52.6 Å². The molecule has 1 unspecified atom stereocenters. The highest BCUT2D eigenvalue weighted by molar-refractivity contribution is 5.64. The highest BCUT2D eigenvalue weighted by atomic mass is 16.4. The van der Waals surface area contributed by atoms with Gasteiger partial charge < -0.3 is 10.4 Å². The van der Waals surface area contributed by atoms with E-state index in [0.29, 0.717) is 0 Å². The molecule has 1 atom stereocenters. The number of hydrogen-bond acceptors (Lipinski definition) is 2. The van der Waals surface area contributed by atoms with Gasteiger partial charge in [-0.25, -0.2) is 4.79 Å². The molecule has 1 saturated heterocycles. The molecule has 0 aromatic heterocycles. The van der Waals surface area contributed by atoms with E-state index in [-0.39, 0.29) is 11.5 Å². The summed E-state index contributed by atoms with van der Waals surface area (Å²) < 4.78 is 0. The molecule has 104 valence electrons. The summed E-state index contributed by atoms with van der Waals surface area (Å²) in [6, 6.07) is 10.3. The molecular weight excluding hydrogens is 240 g/mol. The van der Waals surface area contributed by atoms with Crippen LogP contribution in [0.25, 0.3) is 0 Å². The fourth-order valence-corrected chi connectivity index (χ4v) is 3.01. The van der Waals surface area contributed by atoms with Crippen molar-refractivity contribution in [2.75, 3.05) is 13.1 Å². The van der Waals surface area contributed by atoms with Gasteiger partial charge in [0.05, 0.1) is 0 Å². The Labute approximate surface area is 114 Å². The van der Waals surface area contributed by atoms with Crippen molar-refractivity contribution >= 4 is 6.09 Å². The summed E-state index contributed by atoms with van der Waals surface area (Å²) in [6.45, 7) is 7.05. The Morgan fingerprint density at radius 2 is 2.11 bits per heavy atom. The summed E-state index contributed by atoms with van der Waals surface area (Å²) in [5, 5.41) is 11.5. The first-order valence-corrected chi connectivity index (χ1v) is 6.70. The lowest BCUT2D eigenvalue weighted by molar-refractivity contribution is 0.0820. The van der Waals surface area contributed by atoms with E-state index >= 15 is 0 Å². The molecule has 4 heteroatoms. The maximum Gasteiger partial charge on any atom is 0.404 e. The first kappa shape index (κ1) is 13.9. The summed E-state index contributed by atoms with van der Waals surface area (Å²) in [4.78, 5) is 13.1. The molecule has 0 aliphatic carbocycles. The zero-order valence-electron chi connectivity index (χ0n) is 11.6. The Kier molecular flexibility index (Phi) is 4.10. The molecule has 0 saturated carbocycles. The van der Waals surface area contributed by atoms with Gasteiger partial charge in [-0.1, -0.05) is 44.2 Å². The fraction of sp³-hybridized carbons (Fsp3) is 0.533. The van der Waals surface area contributed by atoms with Gasteiger partial charge in [-0.05, 0) is 17.4 Å². The standard InChI is InChI=1S/C15H22N2O2/c1-15(2)8-13(16-14(18)19)10-17(11-15)9-12-6-4-3-5-7-12/h3-7,13,16H,8-11H2,1-2H3,(H,18,19). The molecule has 1 aromatic rings. The maximum atomic E-state index is 10.8. The monoisotopic (exact) mass is 262 g/mol. The lowest BCUT2D eigenvalue weighted by Gasteiger charge is -2.42. The normalized spacial score (nSPS) is 22.9. The van der Waals surface area contributed by atoms with Gasteiger partial charge in [0.1, 0.15) is 0 Å². The van der Waals surface area contributed by atoms with E-state index in [1.54, 1.807) is 0 Å². The first-order chi connectivity index (χ1) is 8.94. The van der Waals surface area contributed by atoms with Gasteiger partial charge in [-0.2, -0.15) is 0 Å². The van der Waals surface area contributed by atoms with Gasteiger partial charge in [0.15, 0.2) is 0 Å². The van der Waals surface area contributed by atoms with Crippen molar-refractivity contribution in [1.82, 2.24) is 10.2 Å². The lowest BCUT2D eigenvalue weighted by atomic mass is 9.81. The van der Waals surface area contributed by atoms with E-state index in [1.165, 1.54) is 5.56 Å². The number of carboxylic acid groups (broad SMARTS) is 1. The van der Waals surface area contributed by atoms with E-state index in [1.807, 2.05) is 18.2 Å². The first-order valence-electron chi connectivity index (χ1n) is 6.70. The van der Waals surface area contributed by atoms with Crippen LogP contribution in [0.2, 0.25) is 0 Å². The number of hydrogen-bond donors (Lipinski definition) is 2. The Morgan fingerprint density at radius 3 is 2.74 bits per heavy atom. The number of nitrogens with zero attached hydrogens (tertiary/aromatic N) is 1. The molecule has 19 heavy (non-hydrogen) atoms. The van der Waals surface area contributed by atoms with Crippen molar-refractivity contribution in [2.24, 2.45) is 5.41 Å². The SMILES string of the molecule is CC1(C)CC(NC(=O)O)CN(Cc2ccccc2)C1. The van der Waals surface area contributed by atoms with Crippen LogP contribution in [0.15, 0.2) is 30.3 Å². The second-order valence-corrected chi connectivity index (χ2v) is 6.17. The van der Waals surface area contributed by atoms with Crippen LogP contribution in [-0.4, -0.2) is 35.2 Å². The zero-order valence-corrected chi connectivity index (χ0v) is 11.6. The Bertz CT molecular complexity index is 431. The highest BCUT2D eigenvalue weighted by Crippen LogP contribution is 2.29. The predicted molar refractivity (Wildman–Crippen MR) is 75.1 cm³/mol. The third kappa shape index (κ3) is 4.24. The Morgan fingerprint density at radius 1 is 1.42 bits per heavy atom.